The van der Waals surface area contributed by atoms with Crippen molar-refractivity contribution in [2.45, 2.75) is 53.7 Å². The predicted octanol–water partition coefficient (Wildman–Crippen LogP) is 5.92. The minimum atomic E-state index is -0.409. The van der Waals surface area contributed by atoms with Gasteiger partial charge in [0.05, 0.1) is 12.2 Å². The third kappa shape index (κ3) is 4.51. The van der Waals surface area contributed by atoms with E-state index >= 15 is 0 Å². The lowest BCUT2D eigenvalue weighted by atomic mass is 10.1. The summed E-state index contributed by atoms with van der Waals surface area (Å²) in [5.41, 5.74) is 4.42. The molecule has 0 saturated carbocycles. The lowest BCUT2D eigenvalue weighted by Crippen LogP contribution is -2.07. The zero-order chi connectivity index (χ0) is 23.5. The smallest absolute Gasteiger partial charge is 0.340 e. The average molecular weight is 448 g/mol. The Morgan fingerprint density at radius 3 is 2.61 bits per heavy atom. The fourth-order valence-electron chi connectivity index (χ4n) is 4.24. The van der Waals surface area contributed by atoms with Crippen molar-refractivity contribution in [3.63, 3.8) is 0 Å². The highest BCUT2D eigenvalue weighted by Crippen LogP contribution is 2.31. The highest BCUT2D eigenvalue weighted by molar-refractivity contribution is 6.06. The molecule has 172 valence electrons. The van der Waals surface area contributed by atoms with Crippen molar-refractivity contribution in [1.82, 2.24) is 4.57 Å². The Bertz CT molecular complexity index is 1380. The third-order valence-electron chi connectivity index (χ3n) is 5.89. The lowest BCUT2D eigenvalue weighted by Gasteiger charge is -2.10. The molecule has 4 rings (SSSR count). The van der Waals surface area contributed by atoms with Gasteiger partial charge in [-0.25, -0.2) is 9.59 Å². The quantitative estimate of drug-likeness (QED) is 0.248. The zero-order valence-corrected chi connectivity index (χ0v) is 19.6. The maximum atomic E-state index is 12.8. The number of nitrogens with zero attached hydrogens (tertiary/aromatic N) is 1. The number of ether oxygens (including phenoxy) is 2. The van der Waals surface area contributed by atoms with Crippen molar-refractivity contribution in [3.8, 4) is 5.75 Å². The predicted molar refractivity (Wildman–Crippen MR) is 129 cm³/mol. The van der Waals surface area contributed by atoms with E-state index in [0.717, 1.165) is 52.5 Å². The van der Waals surface area contributed by atoms with Gasteiger partial charge in [-0.05, 0) is 57.5 Å². The van der Waals surface area contributed by atoms with Crippen LogP contribution in [0.5, 0.6) is 5.75 Å². The fraction of sp³-hybridized carbons (Fsp3) is 0.333. The molecule has 0 radical (unpaired) electrons. The van der Waals surface area contributed by atoms with E-state index in [1.807, 2.05) is 44.2 Å². The van der Waals surface area contributed by atoms with Crippen LogP contribution in [0.4, 0.5) is 0 Å². The van der Waals surface area contributed by atoms with E-state index in [0.29, 0.717) is 23.5 Å². The van der Waals surface area contributed by atoms with Gasteiger partial charge in [0.25, 0.3) is 0 Å². The molecule has 0 aliphatic rings. The molecular weight excluding hydrogens is 418 g/mol. The van der Waals surface area contributed by atoms with E-state index < -0.39 is 5.63 Å². The number of fused-ring (bicyclic) bond motifs is 2. The van der Waals surface area contributed by atoms with Crippen molar-refractivity contribution < 1.29 is 18.7 Å². The van der Waals surface area contributed by atoms with Gasteiger partial charge in [-0.3, -0.25) is 0 Å². The summed E-state index contributed by atoms with van der Waals surface area (Å²) in [6.45, 7) is 9.27. The minimum absolute atomic E-state index is 0.210. The SMILES string of the molecule is CCCCn1c(C)c(C(=O)OCC)c2cc(OCc3cc(=O)oc4ccc(C)cc34)ccc21. The average Bonchev–Trinajstić information content (AvgIpc) is 3.06. The fourth-order valence-corrected chi connectivity index (χ4v) is 4.24. The first kappa shape index (κ1) is 22.6. The van der Waals surface area contributed by atoms with Gasteiger partial charge in [0.1, 0.15) is 17.9 Å². The lowest BCUT2D eigenvalue weighted by molar-refractivity contribution is 0.0527. The van der Waals surface area contributed by atoms with Crippen molar-refractivity contribution in [2.75, 3.05) is 6.61 Å². The molecular formula is C27H29NO5. The number of hydrogen-bond donors (Lipinski definition) is 0. The number of carbonyl (C=O) groups is 1. The molecule has 6 nitrogen and oxygen atoms in total. The van der Waals surface area contributed by atoms with Gasteiger partial charge in [0.15, 0.2) is 0 Å². The second kappa shape index (κ2) is 9.53. The normalized spacial score (nSPS) is 11.3. The van der Waals surface area contributed by atoms with Crippen LogP contribution in [-0.4, -0.2) is 17.1 Å². The molecule has 2 heterocycles. The van der Waals surface area contributed by atoms with Gasteiger partial charge in [0.2, 0.25) is 0 Å². The summed E-state index contributed by atoms with van der Waals surface area (Å²) in [5, 5.41) is 1.66. The third-order valence-corrected chi connectivity index (χ3v) is 5.89. The first-order valence-electron chi connectivity index (χ1n) is 11.4. The molecule has 2 aromatic heterocycles. The van der Waals surface area contributed by atoms with Crippen LogP contribution in [0.15, 0.2) is 51.7 Å². The van der Waals surface area contributed by atoms with Crippen molar-refractivity contribution in [1.29, 1.82) is 0 Å². The van der Waals surface area contributed by atoms with E-state index in [-0.39, 0.29) is 12.6 Å². The highest BCUT2D eigenvalue weighted by atomic mass is 16.5. The van der Waals surface area contributed by atoms with Crippen LogP contribution >= 0.6 is 0 Å². The maximum absolute atomic E-state index is 12.8. The Labute approximate surface area is 192 Å². The van der Waals surface area contributed by atoms with Crippen molar-refractivity contribution in [2.24, 2.45) is 0 Å². The molecule has 0 aliphatic heterocycles. The highest BCUT2D eigenvalue weighted by Gasteiger charge is 2.21. The Kier molecular flexibility index (Phi) is 6.54. The Morgan fingerprint density at radius 2 is 1.85 bits per heavy atom. The van der Waals surface area contributed by atoms with Crippen LogP contribution in [0.3, 0.4) is 0 Å². The van der Waals surface area contributed by atoms with E-state index in [9.17, 15) is 9.59 Å². The molecule has 0 amide bonds. The summed E-state index contributed by atoms with van der Waals surface area (Å²) < 4.78 is 18.9. The molecule has 0 atom stereocenters. The zero-order valence-electron chi connectivity index (χ0n) is 19.6. The monoisotopic (exact) mass is 447 g/mol. The molecule has 33 heavy (non-hydrogen) atoms. The van der Waals surface area contributed by atoms with E-state index in [1.54, 1.807) is 13.0 Å². The summed E-state index contributed by atoms with van der Waals surface area (Å²) >= 11 is 0. The molecule has 0 aliphatic carbocycles. The summed E-state index contributed by atoms with van der Waals surface area (Å²) in [4.78, 5) is 24.8. The van der Waals surface area contributed by atoms with Gasteiger partial charge in [-0.1, -0.05) is 25.0 Å². The van der Waals surface area contributed by atoms with Crippen LogP contribution in [0.2, 0.25) is 0 Å². The number of hydrogen-bond acceptors (Lipinski definition) is 5. The summed E-state index contributed by atoms with van der Waals surface area (Å²) in [6, 6.07) is 12.9. The van der Waals surface area contributed by atoms with Crippen LogP contribution in [0, 0.1) is 13.8 Å². The molecule has 4 aromatic rings. The molecule has 0 N–H and O–H groups in total. The molecule has 6 heteroatoms. The van der Waals surface area contributed by atoms with Gasteiger partial charge >= 0.3 is 11.6 Å². The van der Waals surface area contributed by atoms with Gasteiger partial charge < -0.3 is 18.5 Å². The van der Waals surface area contributed by atoms with E-state index in [1.165, 1.54) is 6.07 Å². The largest absolute Gasteiger partial charge is 0.489 e. The first-order valence-corrected chi connectivity index (χ1v) is 11.4. The maximum Gasteiger partial charge on any atom is 0.340 e. The standard InChI is InChI=1S/C27H29NO5/c1-5-7-12-28-18(4)26(27(30)31-6-2)22-15-20(9-10-23(22)28)32-16-19-14-25(29)33-24-11-8-17(3)13-21(19)24/h8-11,13-15H,5-7,12,16H2,1-4H3. The molecule has 2 aromatic carbocycles. The van der Waals surface area contributed by atoms with Gasteiger partial charge in [-0.2, -0.15) is 0 Å². The number of carbonyl (C=O) groups excluding carboxylic acids is 1. The summed E-state index contributed by atoms with van der Waals surface area (Å²) in [7, 11) is 0. The summed E-state index contributed by atoms with van der Waals surface area (Å²) in [5.74, 6) is 0.296. The minimum Gasteiger partial charge on any atom is -0.489 e. The number of aryl methyl sites for hydroxylation is 2. The van der Waals surface area contributed by atoms with Crippen LogP contribution < -0.4 is 10.4 Å². The van der Waals surface area contributed by atoms with E-state index in [2.05, 4.69) is 11.5 Å². The Morgan fingerprint density at radius 1 is 1.03 bits per heavy atom. The van der Waals surface area contributed by atoms with Gasteiger partial charge in [0, 0.05) is 40.2 Å². The van der Waals surface area contributed by atoms with Gasteiger partial charge in [-0.15, -0.1) is 0 Å². The van der Waals surface area contributed by atoms with Crippen molar-refractivity contribution >= 4 is 27.8 Å². The second-order valence-electron chi connectivity index (χ2n) is 8.24. The molecule has 0 bridgehead atoms. The van der Waals surface area contributed by atoms with Crippen LogP contribution in [0.25, 0.3) is 21.9 Å². The second-order valence-corrected chi connectivity index (χ2v) is 8.24. The van der Waals surface area contributed by atoms with Crippen molar-refractivity contribution in [3.05, 3.63) is 75.3 Å². The van der Waals surface area contributed by atoms with Crippen LogP contribution in [-0.2, 0) is 17.9 Å². The van der Waals surface area contributed by atoms with E-state index in [4.69, 9.17) is 13.9 Å². The number of benzene rings is 2. The Hall–Kier alpha value is -3.54. The number of rotatable bonds is 8. The number of esters is 1. The molecule has 0 saturated heterocycles. The molecule has 0 fully saturated rings. The number of unbranched alkanes of at least 4 members (excludes halogenated alkanes) is 1. The Balaban J connectivity index is 1.72. The molecule has 0 spiro atoms. The summed E-state index contributed by atoms with van der Waals surface area (Å²) in [6.07, 6.45) is 2.09. The topological polar surface area (TPSA) is 70.7 Å². The van der Waals surface area contributed by atoms with Crippen LogP contribution in [0.1, 0.15) is 53.9 Å². The number of aromatic nitrogens is 1. The molecule has 0 unspecified atom stereocenters. The first-order chi connectivity index (χ1) is 15.9.